The lowest BCUT2D eigenvalue weighted by molar-refractivity contribution is -0.347. The first kappa shape index (κ1) is 54.0. The zero-order valence-corrected chi connectivity index (χ0v) is 46.5. The maximum atomic E-state index is 14.6. The quantitative estimate of drug-likeness (QED) is 0.251. The van der Waals surface area contributed by atoms with Gasteiger partial charge < -0.3 is 86.4 Å². The van der Waals surface area contributed by atoms with Crippen molar-refractivity contribution in [3.05, 3.63) is 24.3 Å². The molecule has 0 radical (unpaired) electrons. The van der Waals surface area contributed by atoms with Crippen molar-refractivity contribution in [3.63, 3.8) is 0 Å². The molecule has 440 valence electrons. The Labute approximate surface area is 463 Å². The van der Waals surface area contributed by atoms with Gasteiger partial charge in [0, 0.05) is 70.1 Å². The first-order chi connectivity index (χ1) is 38.0. The van der Waals surface area contributed by atoms with Gasteiger partial charge in [0.15, 0.2) is 17.4 Å². The number of fused-ring (bicyclic) bond motifs is 10. The van der Waals surface area contributed by atoms with Gasteiger partial charge >= 0.3 is 5.97 Å². The van der Waals surface area contributed by atoms with E-state index >= 15 is 0 Å². The number of carbonyl (C=O) groups is 1. The zero-order valence-electron chi connectivity index (χ0n) is 46.5. The molecule has 1 unspecified atom stereocenters. The maximum Gasteiger partial charge on any atom is 0.308 e. The van der Waals surface area contributed by atoms with Crippen molar-refractivity contribution in [2.24, 2.45) is 23.7 Å². The second-order valence-electron chi connectivity index (χ2n) is 27.5. The van der Waals surface area contributed by atoms with Crippen LogP contribution in [0.2, 0.25) is 0 Å². The van der Waals surface area contributed by atoms with E-state index in [1.165, 1.54) is 0 Å². The van der Waals surface area contributed by atoms with Gasteiger partial charge in [0.1, 0.15) is 36.6 Å². The number of aliphatic hydroxyl groups is 3. The van der Waals surface area contributed by atoms with Crippen molar-refractivity contribution < 1.29 is 91.2 Å². The molecule has 16 aliphatic heterocycles. The molecule has 12 bridgehead atoms. The number of hydrogen-bond acceptors (Lipinski definition) is 19. The molecule has 0 aromatic rings. The Morgan fingerprint density at radius 1 is 0.506 bits per heavy atom. The van der Waals surface area contributed by atoms with Crippen LogP contribution < -0.4 is 0 Å². The molecular weight excluding hydrogens is 1020 g/mol. The largest absolute Gasteiger partial charge is 0.459 e. The molecular formula is C60H86O19. The van der Waals surface area contributed by atoms with Crippen LogP contribution in [0.4, 0.5) is 0 Å². The third kappa shape index (κ3) is 9.43. The van der Waals surface area contributed by atoms with Crippen molar-refractivity contribution in [2.75, 3.05) is 6.61 Å². The van der Waals surface area contributed by atoms with Crippen LogP contribution in [0.1, 0.15) is 143 Å². The predicted octanol–water partition coefficient (Wildman–Crippen LogP) is 4.93. The molecule has 0 saturated carbocycles. The Morgan fingerprint density at radius 2 is 1.18 bits per heavy atom. The van der Waals surface area contributed by atoms with E-state index in [-0.39, 0.29) is 146 Å². The van der Waals surface area contributed by atoms with E-state index in [0.29, 0.717) is 64.2 Å². The maximum absolute atomic E-state index is 14.6. The van der Waals surface area contributed by atoms with Gasteiger partial charge in [-0.15, -0.1) is 0 Å². The van der Waals surface area contributed by atoms with Gasteiger partial charge in [0.05, 0.1) is 129 Å². The Bertz CT molecular complexity index is 2340. The fourth-order valence-corrected chi connectivity index (χ4v) is 18.2. The van der Waals surface area contributed by atoms with Crippen LogP contribution >= 0.6 is 0 Å². The summed E-state index contributed by atoms with van der Waals surface area (Å²) in [5, 5.41) is 30.3. The van der Waals surface area contributed by atoms with E-state index in [1.54, 1.807) is 0 Å². The summed E-state index contributed by atoms with van der Waals surface area (Å²) in [6.45, 7) is 17.4. The number of rotatable bonds is 4. The summed E-state index contributed by atoms with van der Waals surface area (Å²) in [6, 6.07) is 0. The van der Waals surface area contributed by atoms with Crippen molar-refractivity contribution >= 4 is 5.97 Å². The number of esters is 1. The summed E-state index contributed by atoms with van der Waals surface area (Å²) in [5.41, 5.74) is 2.15. The molecule has 19 heteroatoms. The topological polar surface area (TPSA) is 216 Å². The SMILES string of the molecule is C=C1C[C@@H]2CC[C@@]34C[C@@H]5O[C@@H]6C(O[C@H]7CC[C@H](CC(=O)O[C@@H]8[C@@H](C)[C@@H]9O[C@@H]%10C[C@]%11(C[C@@H]%12O[C@]%13(C[C@H](C)[C@@H]%14O[C@H]([C@@H](O)C[C@@H](O)CO)C[C@@H]%14O%13)C[C@H](C)[C@@H]%12O%11)O[C@@H]%10C[C@@H]9O[C@H]8C[C@H]8O[C@@H](CC[C@@H]1O2)C[C@@H](C)C8=C)O[C@@H]7[C@@H]6O3)[C@H]5O4. The Balaban J connectivity index is 0.655. The predicted molar refractivity (Wildman–Crippen MR) is 274 cm³/mol. The van der Waals surface area contributed by atoms with Gasteiger partial charge in [-0.25, -0.2) is 0 Å². The zero-order chi connectivity index (χ0) is 54.0. The first-order valence-electron chi connectivity index (χ1n) is 30.8. The lowest BCUT2D eigenvalue weighted by Crippen LogP contribution is -2.62. The molecule has 79 heavy (non-hydrogen) atoms. The monoisotopic (exact) mass is 1110 g/mol. The third-order valence-corrected chi connectivity index (χ3v) is 21.9. The van der Waals surface area contributed by atoms with E-state index in [4.69, 9.17) is 71.1 Å². The van der Waals surface area contributed by atoms with Crippen LogP contribution in [0.15, 0.2) is 24.3 Å². The molecule has 0 aliphatic carbocycles. The van der Waals surface area contributed by atoms with Gasteiger partial charge in [-0.3, -0.25) is 4.79 Å². The molecule has 16 fully saturated rings. The summed E-state index contributed by atoms with van der Waals surface area (Å²) in [6.07, 6.45) is 2.17. The molecule has 0 aromatic heterocycles. The smallest absolute Gasteiger partial charge is 0.308 e. The fraction of sp³-hybridized carbons (Fsp3) is 0.917. The van der Waals surface area contributed by atoms with Crippen molar-refractivity contribution in [2.45, 2.75) is 313 Å². The van der Waals surface area contributed by atoms with Crippen LogP contribution in [0.5, 0.6) is 0 Å². The molecule has 32 atom stereocenters. The van der Waals surface area contributed by atoms with Crippen molar-refractivity contribution in [1.82, 2.24) is 0 Å². The van der Waals surface area contributed by atoms with Gasteiger partial charge in [0.2, 0.25) is 0 Å². The summed E-state index contributed by atoms with van der Waals surface area (Å²) in [4.78, 5) is 14.6. The molecule has 16 aliphatic rings. The molecule has 3 spiro atoms. The summed E-state index contributed by atoms with van der Waals surface area (Å²) in [5.74, 6) is -2.77. The second kappa shape index (κ2) is 20.2. The fourth-order valence-electron chi connectivity index (χ4n) is 18.2. The Morgan fingerprint density at radius 3 is 2.03 bits per heavy atom. The molecule has 16 rings (SSSR count). The number of hydrogen-bond donors (Lipinski definition) is 3. The highest BCUT2D eigenvalue weighted by atomic mass is 16.8. The summed E-state index contributed by atoms with van der Waals surface area (Å²) in [7, 11) is 0. The normalized spacial score (nSPS) is 57.2. The average Bonchev–Trinajstić information content (AvgIpc) is 4.46. The standard InChI is InChI=1S/C60H86O19/c1-26-13-33-7-9-37-27(2)14-35(65-37)11-12-58-23-46-54(78-58)55-56(72-46)57(79-58)53-38(69-55)10-8-34(67-53)16-48(64)73-52-31(6)51-43(68-42(52)17-39(66-33)30(26)5)19-41-45(71-51)22-60(74-41)24-47-50(77-60)29(4)21-59(76-47)20-28(3)49-44(75-59)18-40(70-49)36(63)15-32(62)25-61/h26,28-29,31-47,49-57,61-63H,2,5,7-25H2,1,3-4,6H3/t26-,28+,29+,31+,32-,33+,34-,35+,36+,37+,38+,39-,40+,41-,42+,43+,44+,45-,46+,47+,49+,50+,51+,52-,53+,54+,55?,56-,57+,58+,59-,60+/m1/s1. The van der Waals surface area contributed by atoms with E-state index in [0.717, 1.165) is 49.7 Å². The van der Waals surface area contributed by atoms with Crippen LogP contribution in [-0.4, -0.2) is 198 Å². The van der Waals surface area contributed by atoms with Crippen LogP contribution in [0.25, 0.3) is 0 Å². The molecule has 3 N–H and O–H groups in total. The van der Waals surface area contributed by atoms with Gasteiger partial charge in [-0.05, 0) is 73.8 Å². The number of aliphatic hydroxyl groups excluding tert-OH is 3. The van der Waals surface area contributed by atoms with Gasteiger partial charge in [0.25, 0.3) is 0 Å². The minimum Gasteiger partial charge on any atom is -0.459 e. The Kier molecular flexibility index (Phi) is 13.8. The lowest BCUT2D eigenvalue weighted by Gasteiger charge is -2.50. The molecule has 19 nitrogen and oxygen atoms in total. The molecule has 16 heterocycles. The minimum atomic E-state index is -1.02. The summed E-state index contributed by atoms with van der Waals surface area (Å²) >= 11 is 0. The van der Waals surface area contributed by atoms with Gasteiger partial charge in [-0.2, -0.15) is 0 Å². The summed E-state index contributed by atoms with van der Waals surface area (Å²) < 4.78 is 104. The van der Waals surface area contributed by atoms with Gasteiger partial charge in [-0.1, -0.05) is 40.9 Å². The van der Waals surface area contributed by atoms with Crippen LogP contribution in [0.3, 0.4) is 0 Å². The van der Waals surface area contributed by atoms with E-state index in [9.17, 15) is 20.1 Å². The second-order valence-corrected chi connectivity index (χ2v) is 27.5. The van der Waals surface area contributed by atoms with Crippen LogP contribution in [0, 0.1) is 23.7 Å². The van der Waals surface area contributed by atoms with E-state index in [2.05, 4.69) is 40.9 Å². The highest BCUT2D eigenvalue weighted by Crippen LogP contribution is 2.58. The number of ether oxygens (including phenoxy) is 15. The molecule has 16 saturated heterocycles. The van der Waals surface area contributed by atoms with E-state index in [1.807, 2.05) is 0 Å². The van der Waals surface area contributed by atoms with E-state index < -0.39 is 72.8 Å². The first-order valence-corrected chi connectivity index (χ1v) is 30.8. The average molecular weight is 1110 g/mol. The molecule has 0 aromatic carbocycles. The van der Waals surface area contributed by atoms with Crippen molar-refractivity contribution in [1.29, 1.82) is 0 Å². The highest BCUT2D eigenvalue weighted by molar-refractivity contribution is 5.70. The number of carbonyl (C=O) groups excluding carboxylic acids is 1. The molecule has 0 amide bonds. The Hall–Kier alpha value is -1.73. The van der Waals surface area contributed by atoms with Crippen molar-refractivity contribution in [3.8, 4) is 0 Å². The highest BCUT2D eigenvalue weighted by Gasteiger charge is 2.70. The third-order valence-electron chi connectivity index (χ3n) is 21.9. The minimum absolute atomic E-state index is 0.0143. The lowest BCUT2D eigenvalue weighted by atomic mass is 9.79. The van der Waals surface area contributed by atoms with Crippen LogP contribution in [-0.2, 0) is 75.8 Å².